The van der Waals surface area contributed by atoms with Crippen molar-refractivity contribution in [2.45, 2.75) is 12.5 Å². The normalized spacial score (nSPS) is 19.9. The number of methoxy groups -OCH3 is 2. The van der Waals surface area contributed by atoms with Crippen LogP contribution >= 0.6 is 0 Å². The number of benzene rings is 1. The minimum Gasteiger partial charge on any atom is -0.497 e. The van der Waals surface area contributed by atoms with Gasteiger partial charge in [-0.15, -0.1) is 0 Å². The van der Waals surface area contributed by atoms with Gasteiger partial charge in [0.05, 0.1) is 19.9 Å². The molecule has 1 unspecified atom stereocenters. The van der Waals surface area contributed by atoms with Crippen molar-refractivity contribution >= 4 is 5.69 Å². The van der Waals surface area contributed by atoms with Crippen molar-refractivity contribution in [3.05, 3.63) is 18.2 Å². The van der Waals surface area contributed by atoms with E-state index in [1.54, 1.807) is 14.2 Å². The highest BCUT2D eigenvalue weighted by Gasteiger charge is 2.22. The van der Waals surface area contributed by atoms with E-state index in [0.29, 0.717) is 0 Å². The molecular weight excluding hydrogens is 204 g/mol. The fourth-order valence-electron chi connectivity index (χ4n) is 2.05. The molecule has 88 valence electrons. The van der Waals surface area contributed by atoms with Crippen molar-refractivity contribution in [1.82, 2.24) is 0 Å². The maximum atomic E-state index is 5.91. The molecule has 0 aromatic heterocycles. The Hall–Kier alpha value is -1.42. The van der Waals surface area contributed by atoms with Gasteiger partial charge in [-0.1, -0.05) is 0 Å². The molecule has 1 aromatic carbocycles. The average molecular weight is 222 g/mol. The third-order valence-corrected chi connectivity index (χ3v) is 2.95. The quantitative estimate of drug-likeness (QED) is 0.836. The summed E-state index contributed by atoms with van der Waals surface area (Å²) >= 11 is 0. The number of hydrogen-bond donors (Lipinski definition) is 1. The van der Waals surface area contributed by atoms with Gasteiger partial charge >= 0.3 is 0 Å². The number of rotatable bonds is 3. The highest BCUT2D eigenvalue weighted by Crippen LogP contribution is 2.33. The standard InChI is InChI=1S/C12H18N2O2/c1-15-10-3-4-12(16-2)11(7-10)14-6-5-9(13)8-14/h3-4,7,9H,5-6,8,13H2,1-2H3. The van der Waals surface area contributed by atoms with Gasteiger partial charge in [0.25, 0.3) is 0 Å². The lowest BCUT2D eigenvalue weighted by molar-refractivity contribution is 0.403. The van der Waals surface area contributed by atoms with Crippen LogP contribution in [0.25, 0.3) is 0 Å². The molecule has 2 rings (SSSR count). The zero-order valence-electron chi connectivity index (χ0n) is 9.77. The molecule has 0 bridgehead atoms. The molecule has 4 heteroatoms. The molecule has 0 aliphatic carbocycles. The van der Waals surface area contributed by atoms with Gasteiger partial charge in [0.2, 0.25) is 0 Å². The van der Waals surface area contributed by atoms with E-state index in [1.807, 2.05) is 18.2 Å². The van der Waals surface area contributed by atoms with E-state index < -0.39 is 0 Å². The van der Waals surface area contributed by atoms with Gasteiger partial charge in [0, 0.05) is 25.2 Å². The molecule has 1 atom stereocenters. The van der Waals surface area contributed by atoms with Crippen molar-refractivity contribution in [1.29, 1.82) is 0 Å². The summed E-state index contributed by atoms with van der Waals surface area (Å²) in [4.78, 5) is 2.24. The fourth-order valence-corrected chi connectivity index (χ4v) is 2.05. The molecule has 1 aromatic rings. The van der Waals surface area contributed by atoms with E-state index in [2.05, 4.69) is 4.90 Å². The Morgan fingerprint density at radius 3 is 2.69 bits per heavy atom. The average Bonchev–Trinajstić information content (AvgIpc) is 2.75. The van der Waals surface area contributed by atoms with Gasteiger partial charge in [0.1, 0.15) is 11.5 Å². The van der Waals surface area contributed by atoms with E-state index in [0.717, 1.165) is 36.7 Å². The van der Waals surface area contributed by atoms with Crippen LogP contribution < -0.4 is 20.1 Å². The first kappa shape index (κ1) is 11.1. The summed E-state index contributed by atoms with van der Waals surface area (Å²) < 4.78 is 10.6. The minimum atomic E-state index is 0.260. The van der Waals surface area contributed by atoms with Crippen LogP contribution in [0.5, 0.6) is 11.5 Å². The largest absolute Gasteiger partial charge is 0.497 e. The second kappa shape index (κ2) is 4.61. The highest BCUT2D eigenvalue weighted by atomic mass is 16.5. The van der Waals surface area contributed by atoms with Crippen LogP contribution in [0, 0.1) is 0 Å². The third kappa shape index (κ3) is 2.07. The van der Waals surface area contributed by atoms with E-state index in [9.17, 15) is 0 Å². The van der Waals surface area contributed by atoms with Crippen molar-refractivity contribution in [3.63, 3.8) is 0 Å². The summed E-state index contributed by atoms with van der Waals surface area (Å²) in [5.74, 6) is 1.71. The number of ether oxygens (including phenoxy) is 2. The number of nitrogens with zero attached hydrogens (tertiary/aromatic N) is 1. The molecule has 0 amide bonds. The molecule has 1 saturated heterocycles. The van der Waals surface area contributed by atoms with Gasteiger partial charge in [0.15, 0.2) is 0 Å². The Bertz CT molecular complexity index is 368. The molecular formula is C12H18N2O2. The Balaban J connectivity index is 2.29. The first-order valence-electron chi connectivity index (χ1n) is 5.47. The molecule has 1 heterocycles. The van der Waals surface area contributed by atoms with Crippen molar-refractivity contribution in [3.8, 4) is 11.5 Å². The second-order valence-corrected chi connectivity index (χ2v) is 4.03. The molecule has 2 N–H and O–H groups in total. The topological polar surface area (TPSA) is 47.7 Å². The summed E-state index contributed by atoms with van der Waals surface area (Å²) in [6, 6.07) is 6.09. The summed E-state index contributed by atoms with van der Waals surface area (Å²) in [6.07, 6.45) is 1.03. The molecule has 1 aliphatic rings. The van der Waals surface area contributed by atoms with Gasteiger partial charge in [-0.05, 0) is 18.6 Å². The van der Waals surface area contributed by atoms with Crippen molar-refractivity contribution in [2.75, 3.05) is 32.2 Å². The van der Waals surface area contributed by atoms with Crippen LogP contribution in [0.15, 0.2) is 18.2 Å². The zero-order chi connectivity index (χ0) is 11.5. The van der Waals surface area contributed by atoms with Crippen molar-refractivity contribution < 1.29 is 9.47 Å². The molecule has 0 spiro atoms. The summed E-state index contributed by atoms with van der Waals surface area (Å²) in [6.45, 7) is 1.86. The van der Waals surface area contributed by atoms with E-state index >= 15 is 0 Å². The first-order valence-corrected chi connectivity index (χ1v) is 5.47. The van der Waals surface area contributed by atoms with Gasteiger partial charge in [-0.2, -0.15) is 0 Å². The monoisotopic (exact) mass is 222 g/mol. The molecule has 0 radical (unpaired) electrons. The number of hydrogen-bond acceptors (Lipinski definition) is 4. The molecule has 4 nitrogen and oxygen atoms in total. The number of nitrogens with two attached hydrogens (primary N) is 1. The first-order chi connectivity index (χ1) is 7.74. The Morgan fingerprint density at radius 1 is 1.31 bits per heavy atom. The lowest BCUT2D eigenvalue weighted by atomic mass is 10.2. The zero-order valence-corrected chi connectivity index (χ0v) is 9.77. The van der Waals surface area contributed by atoms with E-state index in [4.69, 9.17) is 15.2 Å². The summed E-state index contributed by atoms with van der Waals surface area (Å²) in [7, 11) is 3.35. The smallest absolute Gasteiger partial charge is 0.142 e. The maximum absolute atomic E-state index is 5.91. The number of anilines is 1. The second-order valence-electron chi connectivity index (χ2n) is 4.03. The summed E-state index contributed by atoms with van der Waals surface area (Å²) in [5.41, 5.74) is 6.98. The van der Waals surface area contributed by atoms with E-state index in [1.165, 1.54) is 0 Å². The van der Waals surface area contributed by atoms with Crippen LogP contribution in [-0.4, -0.2) is 33.4 Å². The molecule has 0 saturated carbocycles. The fraction of sp³-hybridized carbons (Fsp3) is 0.500. The van der Waals surface area contributed by atoms with Crippen LogP contribution in [-0.2, 0) is 0 Å². The van der Waals surface area contributed by atoms with Gasteiger partial charge < -0.3 is 20.1 Å². The Labute approximate surface area is 95.9 Å². The van der Waals surface area contributed by atoms with E-state index in [-0.39, 0.29) is 6.04 Å². The van der Waals surface area contributed by atoms with Crippen molar-refractivity contribution in [2.24, 2.45) is 5.73 Å². The molecule has 1 aliphatic heterocycles. The van der Waals surface area contributed by atoms with Crippen LogP contribution in [0.1, 0.15) is 6.42 Å². The van der Waals surface area contributed by atoms with Crippen LogP contribution in [0.3, 0.4) is 0 Å². The van der Waals surface area contributed by atoms with Crippen LogP contribution in [0.2, 0.25) is 0 Å². The summed E-state index contributed by atoms with van der Waals surface area (Å²) in [5, 5.41) is 0. The highest BCUT2D eigenvalue weighted by molar-refractivity contribution is 5.62. The third-order valence-electron chi connectivity index (χ3n) is 2.95. The SMILES string of the molecule is COc1ccc(OC)c(N2CCC(N)C2)c1. The Morgan fingerprint density at radius 2 is 2.12 bits per heavy atom. The predicted molar refractivity (Wildman–Crippen MR) is 64.4 cm³/mol. The minimum absolute atomic E-state index is 0.260. The molecule has 16 heavy (non-hydrogen) atoms. The molecule has 1 fully saturated rings. The van der Waals surface area contributed by atoms with Gasteiger partial charge in [-0.25, -0.2) is 0 Å². The lowest BCUT2D eigenvalue weighted by Crippen LogP contribution is -2.26. The van der Waals surface area contributed by atoms with Gasteiger partial charge in [-0.3, -0.25) is 0 Å². The lowest BCUT2D eigenvalue weighted by Gasteiger charge is -2.21. The predicted octanol–water partition coefficient (Wildman–Crippen LogP) is 1.24. The Kier molecular flexibility index (Phi) is 3.19. The maximum Gasteiger partial charge on any atom is 0.142 e. The van der Waals surface area contributed by atoms with Crippen LogP contribution in [0.4, 0.5) is 5.69 Å².